The lowest BCUT2D eigenvalue weighted by Crippen LogP contribution is -2.30. The topological polar surface area (TPSA) is 30.5 Å². The molecule has 1 aliphatic carbocycles. The maximum Gasteiger partial charge on any atom is 0.0704 e. The summed E-state index contributed by atoms with van der Waals surface area (Å²) in [6.45, 7) is 4.55. The van der Waals surface area contributed by atoms with Crippen LogP contribution in [0, 0.1) is 0 Å². The van der Waals surface area contributed by atoms with Gasteiger partial charge in [-0.15, -0.1) is 0 Å². The molecule has 0 amide bonds. The van der Waals surface area contributed by atoms with Gasteiger partial charge in [-0.25, -0.2) is 0 Å². The van der Waals surface area contributed by atoms with Crippen molar-refractivity contribution in [3.8, 4) is 0 Å². The highest BCUT2D eigenvalue weighted by Gasteiger charge is 2.21. The second kappa shape index (κ2) is 6.35. The van der Waals surface area contributed by atoms with Gasteiger partial charge in [0.05, 0.1) is 19.3 Å². The molecule has 0 aromatic rings. The molecule has 78 valence electrons. The normalized spacial score (nSPS) is 18.9. The fourth-order valence-corrected chi connectivity index (χ4v) is 1.20. The number of rotatable bonds is 8. The van der Waals surface area contributed by atoms with E-state index in [0.29, 0.717) is 19.3 Å². The molecule has 0 spiro atoms. The van der Waals surface area contributed by atoms with Crippen LogP contribution in [0.5, 0.6) is 0 Å². The summed E-state index contributed by atoms with van der Waals surface area (Å²) in [5.41, 5.74) is 0. The maximum absolute atomic E-state index is 5.62. The van der Waals surface area contributed by atoms with Crippen LogP contribution >= 0.6 is 0 Å². The van der Waals surface area contributed by atoms with E-state index in [0.717, 1.165) is 19.0 Å². The Bertz CT molecular complexity index is 126. The Hall–Kier alpha value is -0.120. The van der Waals surface area contributed by atoms with Crippen molar-refractivity contribution >= 4 is 0 Å². The van der Waals surface area contributed by atoms with Crippen LogP contribution in [0.1, 0.15) is 26.2 Å². The van der Waals surface area contributed by atoms with E-state index in [1.54, 1.807) is 7.11 Å². The highest BCUT2D eigenvalue weighted by atomic mass is 16.5. The minimum atomic E-state index is 0.357. The number of methoxy groups -OCH3 is 1. The first-order chi connectivity index (χ1) is 6.36. The third-order valence-corrected chi connectivity index (χ3v) is 2.31. The summed E-state index contributed by atoms with van der Waals surface area (Å²) in [6, 6.07) is 0.778. The fourth-order valence-electron chi connectivity index (χ4n) is 1.20. The average Bonchev–Trinajstić information content (AvgIpc) is 2.94. The van der Waals surface area contributed by atoms with Gasteiger partial charge in [0.1, 0.15) is 0 Å². The van der Waals surface area contributed by atoms with Gasteiger partial charge in [-0.2, -0.15) is 0 Å². The van der Waals surface area contributed by atoms with Gasteiger partial charge in [0.2, 0.25) is 0 Å². The van der Waals surface area contributed by atoms with Crippen LogP contribution in [-0.2, 0) is 9.47 Å². The highest BCUT2D eigenvalue weighted by molar-refractivity contribution is 4.81. The molecule has 1 N–H and O–H groups in total. The van der Waals surface area contributed by atoms with E-state index in [-0.39, 0.29) is 0 Å². The first kappa shape index (κ1) is 11.0. The minimum absolute atomic E-state index is 0.357. The van der Waals surface area contributed by atoms with Gasteiger partial charge < -0.3 is 14.8 Å². The molecular formula is C10H21NO2. The molecule has 1 saturated carbocycles. The molecule has 0 bridgehead atoms. The van der Waals surface area contributed by atoms with Crippen molar-refractivity contribution in [3.63, 3.8) is 0 Å². The predicted octanol–water partition coefficient (Wildman–Crippen LogP) is 1.18. The smallest absolute Gasteiger partial charge is 0.0704 e. The molecule has 3 nitrogen and oxygen atoms in total. The van der Waals surface area contributed by atoms with Crippen molar-refractivity contribution in [1.82, 2.24) is 5.32 Å². The van der Waals surface area contributed by atoms with Crippen LogP contribution in [0.3, 0.4) is 0 Å². The molecule has 1 unspecified atom stereocenters. The molecule has 1 atom stereocenters. The van der Waals surface area contributed by atoms with Crippen molar-refractivity contribution in [2.75, 3.05) is 26.9 Å². The molecule has 0 aliphatic heterocycles. The van der Waals surface area contributed by atoms with Gasteiger partial charge >= 0.3 is 0 Å². The van der Waals surface area contributed by atoms with Crippen molar-refractivity contribution < 1.29 is 9.47 Å². The molecule has 1 fully saturated rings. The monoisotopic (exact) mass is 187 g/mol. The summed E-state index contributed by atoms with van der Waals surface area (Å²) >= 11 is 0. The summed E-state index contributed by atoms with van der Waals surface area (Å²) in [7, 11) is 1.70. The lowest BCUT2D eigenvalue weighted by Gasteiger charge is -2.16. The van der Waals surface area contributed by atoms with Crippen LogP contribution in [0.4, 0.5) is 0 Å². The number of nitrogens with one attached hydrogen (secondary N) is 1. The second-order valence-electron chi connectivity index (χ2n) is 3.58. The first-order valence-corrected chi connectivity index (χ1v) is 5.20. The van der Waals surface area contributed by atoms with Crippen LogP contribution < -0.4 is 5.32 Å². The van der Waals surface area contributed by atoms with Crippen LogP contribution in [0.15, 0.2) is 0 Å². The summed E-state index contributed by atoms with van der Waals surface area (Å²) in [5, 5.41) is 3.47. The Kier molecular flexibility index (Phi) is 5.35. The zero-order valence-corrected chi connectivity index (χ0v) is 8.71. The van der Waals surface area contributed by atoms with Gasteiger partial charge in [0.25, 0.3) is 0 Å². The Morgan fingerprint density at radius 1 is 1.38 bits per heavy atom. The van der Waals surface area contributed by atoms with Crippen LogP contribution in [0.2, 0.25) is 0 Å². The Morgan fingerprint density at radius 2 is 2.15 bits per heavy atom. The van der Waals surface area contributed by atoms with E-state index in [9.17, 15) is 0 Å². The number of hydrogen-bond donors (Lipinski definition) is 1. The summed E-state index contributed by atoms with van der Waals surface area (Å²) in [5.74, 6) is 0. The third-order valence-electron chi connectivity index (χ3n) is 2.31. The molecule has 1 aliphatic rings. The zero-order chi connectivity index (χ0) is 9.52. The van der Waals surface area contributed by atoms with E-state index in [1.165, 1.54) is 12.8 Å². The number of ether oxygens (including phenoxy) is 2. The fraction of sp³-hybridized carbons (Fsp3) is 1.00. The molecule has 0 radical (unpaired) electrons. The highest BCUT2D eigenvalue weighted by Crippen LogP contribution is 2.18. The van der Waals surface area contributed by atoms with E-state index >= 15 is 0 Å². The molecule has 1 rings (SSSR count). The zero-order valence-electron chi connectivity index (χ0n) is 8.71. The van der Waals surface area contributed by atoms with Gasteiger partial charge in [-0.1, -0.05) is 6.92 Å². The van der Waals surface area contributed by atoms with E-state index < -0.39 is 0 Å². The van der Waals surface area contributed by atoms with Crippen LogP contribution in [-0.4, -0.2) is 39.0 Å². The molecule has 0 heterocycles. The van der Waals surface area contributed by atoms with Crippen molar-refractivity contribution in [2.45, 2.75) is 38.3 Å². The van der Waals surface area contributed by atoms with Crippen LogP contribution in [0.25, 0.3) is 0 Å². The standard InChI is InChI=1S/C10H21NO2/c1-3-10(13-7-6-12-2)8-11-9-4-5-9/h9-11H,3-8H2,1-2H3. The number of hydrogen-bond acceptors (Lipinski definition) is 3. The minimum Gasteiger partial charge on any atom is -0.382 e. The SMILES string of the molecule is CCC(CNC1CC1)OCCOC. The lowest BCUT2D eigenvalue weighted by atomic mass is 10.3. The lowest BCUT2D eigenvalue weighted by molar-refractivity contribution is 0.0159. The molecule has 3 heteroatoms. The van der Waals surface area contributed by atoms with Gasteiger partial charge in [0, 0.05) is 19.7 Å². The average molecular weight is 187 g/mol. The largest absolute Gasteiger partial charge is 0.382 e. The van der Waals surface area contributed by atoms with Gasteiger partial charge in [-0.05, 0) is 19.3 Å². The Labute approximate surface area is 80.8 Å². The molecule has 0 aromatic heterocycles. The summed E-state index contributed by atoms with van der Waals surface area (Å²) in [6.07, 6.45) is 4.11. The molecule has 13 heavy (non-hydrogen) atoms. The quantitative estimate of drug-likeness (QED) is 0.579. The predicted molar refractivity (Wildman–Crippen MR) is 52.9 cm³/mol. The van der Waals surface area contributed by atoms with Gasteiger partial charge in [0.15, 0.2) is 0 Å². The van der Waals surface area contributed by atoms with Crippen molar-refractivity contribution in [1.29, 1.82) is 0 Å². The maximum atomic E-state index is 5.62. The molecule has 0 saturated heterocycles. The van der Waals surface area contributed by atoms with Crippen molar-refractivity contribution in [2.24, 2.45) is 0 Å². The summed E-state index contributed by atoms with van der Waals surface area (Å²) < 4.78 is 10.6. The van der Waals surface area contributed by atoms with E-state index in [2.05, 4.69) is 12.2 Å². The Balaban J connectivity index is 1.95. The van der Waals surface area contributed by atoms with E-state index in [4.69, 9.17) is 9.47 Å². The molecular weight excluding hydrogens is 166 g/mol. The Morgan fingerprint density at radius 3 is 2.69 bits per heavy atom. The molecule has 0 aromatic carbocycles. The van der Waals surface area contributed by atoms with Crippen molar-refractivity contribution in [3.05, 3.63) is 0 Å². The second-order valence-corrected chi connectivity index (χ2v) is 3.58. The third kappa shape index (κ3) is 5.24. The summed E-state index contributed by atoms with van der Waals surface area (Å²) in [4.78, 5) is 0. The first-order valence-electron chi connectivity index (χ1n) is 5.20. The van der Waals surface area contributed by atoms with Gasteiger partial charge in [-0.3, -0.25) is 0 Å². The van der Waals surface area contributed by atoms with E-state index in [1.807, 2.05) is 0 Å².